The Kier molecular flexibility index (Phi) is 8.81. The number of carbonyl (C=O) groups is 1. The van der Waals surface area contributed by atoms with Crippen molar-refractivity contribution in [2.75, 3.05) is 18.4 Å². The molecule has 152 valence electrons. The fourth-order valence-corrected chi connectivity index (χ4v) is 3.34. The number of hydrogen-bond acceptors (Lipinski definition) is 3. The predicted octanol–water partition coefficient (Wildman–Crippen LogP) is 4.14. The van der Waals surface area contributed by atoms with Gasteiger partial charge in [0, 0.05) is 35.6 Å². The van der Waals surface area contributed by atoms with Crippen LogP contribution in [-0.2, 0) is 6.54 Å². The molecule has 7 heteroatoms. The molecule has 0 saturated carbocycles. The van der Waals surface area contributed by atoms with Gasteiger partial charge in [-0.25, -0.2) is 9.79 Å². The maximum Gasteiger partial charge on any atom is 0.319 e. The summed E-state index contributed by atoms with van der Waals surface area (Å²) in [4.78, 5) is 17.8. The van der Waals surface area contributed by atoms with E-state index in [1.807, 2.05) is 38.1 Å². The minimum absolute atomic E-state index is 0.105. The molecule has 4 N–H and O–H groups in total. The Bertz CT molecular complexity index is 741. The summed E-state index contributed by atoms with van der Waals surface area (Å²) in [5.41, 5.74) is 1.85. The van der Waals surface area contributed by atoms with Gasteiger partial charge in [-0.05, 0) is 49.9 Å². The Balaban J connectivity index is 1.88. The quantitative estimate of drug-likeness (QED) is 0.397. The summed E-state index contributed by atoms with van der Waals surface area (Å²) in [7, 11) is 0. The molecule has 0 saturated heterocycles. The number of guanidine groups is 1. The zero-order valence-electron chi connectivity index (χ0n) is 17.1. The van der Waals surface area contributed by atoms with Crippen LogP contribution in [0.3, 0.4) is 0 Å². The lowest BCUT2D eigenvalue weighted by Crippen LogP contribution is -2.39. The van der Waals surface area contributed by atoms with E-state index in [2.05, 4.69) is 57.6 Å². The Hall–Kier alpha value is -2.54. The summed E-state index contributed by atoms with van der Waals surface area (Å²) in [6.45, 7) is 10.3. The molecule has 0 aliphatic carbocycles. The van der Waals surface area contributed by atoms with Crippen LogP contribution in [-0.4, -0.2) is 31.1 Å². The molecule has 2 aromatic rings. The number of anilines is 1. The van der Waals surface area contributed by atoms with E-state index in [0.29, 0.717) is 12.5 Å². The predicted molar refractivity (Wildman–Crippen MR) is 119 cm³/mol. The van der Waals surface area contributed by atoms with Crippen LogP contribution < -0.4 is 21.3 Å². The zero-order chi connectivity index (χ0) is 20.4. The SMILES string of the molecule is CCNC(=NCc1ccc(NC(=O)NC(C)C)cc1)NCC(C)c1cccs1. The molecule has 0 bridgehead atoms. The van der Waals surface area contributed by atoms with E-state index < -0.39 is 0 Å². The minimum Gasteiger partial charge on any atom is -0.357 e. The summed E-state index contributed by atoms with van der Waals surface area (Å²) in [6, 6.07) is 11.9. The van der Waals surface area contributed by atoms with Crippen LogP contribution in [0.25, 0.3) is 0 Å². The van der Waals surface area contributed by atoms with Crippen LogP contribution in [0.2, 0.25) is 0 Å². The third kappa shape index (κ3) is 7.60. The van der Waals surface area contributed by atoms with Crippen LogP contribution in [0.4, 0.5) is 10.5 Å². The van der Waals surface area contributed by atoms with E-state index in [9.17, 15) is 4.79 Å². The van der Waals surface area contributed by atoms with Gasteiger partial charge in [-0.15, -0.1) is 11.3 Å². The normalized spacial score (nSPS) is 12.5. The van der Waals surface area contributed by atoms with E-state index >= 15 is 0 Å². The minimum atomic E-state index is -0.195. The second-order valence-electron chi connectivity index (χ2n) is 6.94. The standard InChI is InChI=1S/C21H31N5OS/c1-5-22-20(23-13-16(4)19-7-6-12-28-19)24-14-17-8-10-18(11-9-17)26-21(27)25-15(2)3/h6-12,15-16H,5,13-14H2,1-4H3,(H2,22,23,24)(H2,25,26,27). The van der Waals surface area contributed by atoms with Crippen molar-refractivity contribution >= 4 is 29.0 Å². The van der Waals surface area contributed by atoms with Crippen molar-refractivity contribution in [3.8, 4) is 0 Å². The van der Waals surface area contributed by atoms with Crippen LogP contribution >= 0.6 is 11.3 Å². The van der Waals surface area contributed by atoms with Gasteiger partial charge < -0.3 is 21.3 Å². The second kappa shape index (κ2) is 11.3. The highest BCUT2D eigenvalue weighted by Crippen LogP contribution is 2.19. The molecule has 0 aliphatic heterocycles. The molecule has 2 rings (SSSR count). The third-order valence-electron chi connectivity index (χ3n) is 4.00. The average molecular weight is 402 g/mol. The molecule has 1 atom stereocenters. The first kappa shape index (κ1) is 21.8. The largest absolute Gasteiger partial charge is 0.357 e. The number of urea groups is 1. The average Bonchev–Trinajstić information content (AvgIpc) is 3.19. The molecule has 1 unspecified atom stereocenters. The van der Waals surface area contributed by atoms with Crippen molar-refractivity contribution in [2.24, 2.45) is 4.99 Å². The van der Waals surface area contributed by atoms with Crippen molar-refractivity contribution in [3.05, 3.63) is 52.2 Å². The zero-order valence-corrected chi connectivity index (χ0v) is 17.9. The van der Waals surface area contributed by atoms with E-state index in [0.717, 1.165) is 30.3 Å². The molecule has 28 heavy (non-hydrogen) atoms. The number of rotatable bonds is 8. The molecule has 6 nitrogen and oxygen atoms in total. The number of nitrogens with one attached hydrogen (secondary N) is 4. The lowest BCUT2D eigenvalue weighted by atomic mass is 10.1. The number of aliphatic imine (C=N–C) groups is 1. The van der Waals surface area contributed by atoms with Gasteiger partial charge in [0.2, 0.25) is 0 Å². The molecule has 1 aromatic heterocycles. The van der Waals surface area contributed by atoms with Gasteiger partial charge in [0.15, 0.2) is 5.96 Å². The van der Waals surface area contributed by atoms with Crippen molar-refractivity contribution in [2.45, 2.75) is 46.2 Å². The first-order valence-corrected chi connectivity index (χ1v) is 10.6. The molecule has 1 heterocycles. The lowest BCUT2D eigenvalue weighted by molar-refractivity contribution is 0.250. The molecule has 0 aliphatic rings. The molecular formula is C21H31N5OS. The summed E-state index contributed by atoms with van der Waals surface area (Å²) < 4.78 is 0. The molecule has 0 radical (unpaired) electrons. The molecular weight excluding hydrogens is 370 g/mol. The number of benzene rings is 1. The highest BCUT2D eigenvalue weighted by atomic mass is 32.1. The lowest BCUT2D eigenvalue weighted by Gasteiger charge is -2.15. The topological polar surface area (TPSA) is 77.5 Å². The number of thiophene rings is 1. The molecule has 2 amide bonds. The Labute approximate surface area is 171 Å². The van der Waals surface area contributed by atoms with Crippen LogP contribution in [0.15, 0.2) is 46.8 Å². The maximum atomic E-state index is 11.7. The first-order valence-electron chi connectivity index (χ1n) is 9.70. The maximum absolute atomic E-state index is 11.7. The third-order valence-corrected chi connectivity index (χ3v) is 5.10. The van der Waals surface area contributed by atoms with E-state index in [1.165, 1.54) is 4.88 Å². The van der Waals surface area contributed by atoms with E-state index in [1.54, 1.807) is 11.3 Å². The van der Waals surface area contributed by atoms with Gasteiger partial charge in [0.1, 0.15) is 0 Å². The number of amides is 2. The summed E-state index contributed by atoms with van der Waals surface area (Å²) in [6.07, 6.45) is 0. The van der Waals surface area contributed by atoms with Crippen molar-refractivity contribution < 1.29 is 4.79 Å². The van der Waals surface area contributed by atoms with Crippen molar-refractivity contribution in [1.29, 1.82) is 0 Å². The smallest absolute Gasteiger partial charge is 0.319 e. The van der Waals surface area contributed by atoms with Gasteiger partial charge in [-0.1, -0.05) is 25.1 Å². The van der Waals surface area contributed by atoms with Gasteiger partial charge >= 0.3 is 6.03 Å². The first-order chi connectivity index (χ1) is 13.5. The summed E-state index contributed by atoms with van der Waals surface area (Å²) >= 11 is 1.78. The Morgan fingerprint density at radius 2 is 1.86 bits per heavy atom. The second-order valence-corrected chi connectivity index (χ2v) is 7.92. The number of hydrogen-bond donors (Lipinski definition) is 4. The van der Waals surface area contributed by atoms with Gasteiger partial charge in [-0.2, -0.15) is 0 Å². The highest BCUT2D eigenvalue weighted by molar-refractivity contribution is 7.10. The highest BCUT2D eigenvalue weighted by Gasteiger charge is 2.07. The van der Waals surface area contributed by atoms with Crippen molar-refractivity contribution in [3.63, 3.8) is 0 Å². The van der Waals surface area contributed by atoms with Crippen LogP contribution in [0, 0.1) is 0 Å². The van der Waals surface area contributed by atoms with Crippen molar-refractivity contribution in [1.82, 2.24) is 16.0 Å². The van der Waals surface area contributed by atoms with Gasteiger partial charge in [0.05, 0.1) is 6.54 Å². The Morgan fingerprint density at radius 1 is 1.11 bits per heavy atom. The monoisotopic (exact) mass is 401 g/mol. The summed E-state index contributed by atoms with van der Waals surface area (Å²) in [5, 5.41) is 14.4. The van der Waals surface area contributed by atoms with Crippen LogP contribution in [0.1, 0.15) is 44.1 Å². The number of carbonyl (C=O) groups excluding carboxylic acids is 1. The Morgan fingerprint density at radius 3 is 2.46 bits per heavy atom. The number of nitrogens with zero attached hydrogens (tertiary/aromatic N) is 1. The van der Waals surface area contributed by atoms with Gasteiger partial charge in [0.25, 0.3) is 0 Å². The molecule has 0 fully saturated rings. The van der Waals surface area contributed by atoms with Crippen LogP contribution in [0.5, 0.6) is 0 Å². The van der Waals surface area contributed by atoms with E-state index in [4.69, 9.17) is 0 Å². The van der Waals surface area contributed by atoms with E-state index in [-0.39, 0.29) is 12.1 Å². The molecule has 0 spiro atoms. The molecule has 1 aromatic carbocycles. The fourth-order valence-electron chi connectivity index (χ4n) is 2.56. The fraction of sp³-hybridized carbons (Fsp3) is 0.429. The van der Waals surface area contributed by atoms with Gasteiger partial charge in [-0.3, -0.25) is 0 Å². The summed E-state index contributed by atoms with van der Waals surface area (Å²) in [5.74, 6) is 1.25.